The largest absolute Gasteiger partial charge is 0.417 e. The van der Waals surface area contributed by atoms with Crippen molar-refractivity contribution >= 4 is 6.03 Å². The number of hydrogen-bond donors (Lipinski definition) is 2. The highest BCUT2D eigenvalue weighted by Crippen LogP contribution is 2.48. The van der Waals surface area contributed by atoms with Crippen LogP contribution in [0.25, 0.3) is 0 Å². The van der Waals surface area contributed by atoms with Gasteiger partial charge in [-0.25, -0.2) is 4.79 Å². The van der Waals surface area contributed by atoms with Gasteiger partial charge in [0.05, 0.1) is 0 Å². The first-order valence-corrected chi connectivity index (χ1v) is 7.52. The van der Waals surface area contributed by atoms with Crippen LogP contribution < -0.4 is 5.32 Å². The first kappa shape index (κ1) is 17.3. The van der Waals surface area contributed by atoms with E-state index in [1.54, 1.807) is 7.11 Å². The number of carbonyl (C=O) groups is 1. The quantitative estimate of drug-likeness (QED) is 0.812. The van der Waals surface area contributed by atoms with Crippen LogP contribution in [-0.4, -0.2) is 61.2 Å². The van der Waals surface area contributed by atoms with Crippen molar-refractivity contribution in [1.82, 2.24) is 10.2 Å². The van der Waals surface area contributed by atoms with Gasteiger partial charge in [-0.2, -0.15) is 13.2 Å². The number of ether oxygens (including phenoxy) is 1. The lowest BCUT2D eigenvalue weighted by molar-refractivity contribution is -0.271. The van der Waals surface area contributed by atoms with Crippen molar-refractivity contribution in [3.05, 3.63) is 0 Å². The van der Waals surface area contributed by atoms with Crippen molar-refractivity contribution in [3.63, 3.8) is 0 Å². The Hall–Kier alpha value is -1.02. The minimum Gasteiger partial charge on any atom is -0.385 e. The van der Waals surface area contributed by atoms with Gasteiger partial charge in [0.2, 0.25) is 0 Å². The van der Waals surface area contributed by atoms with Gasteiger partial charge in [0, 0.05) is 46.2 Å². The number of alkyl halides is 3. The van der Waals surface area contributed by atoms with Gasteiger partial charge in [-0.15, -0.1) is 0 Å². The molecule has 1 saturated heterocycles. The zero-order chi connectivity index (χ0) is 16.4. The Morgan fingerprint density at radius 2 is 1.86 bits per heavy atom. The van der Waals surface area contributed by atoms with Gasteiger partial charge >= 0.3 is 12.2 Å². The van der Waals surface area contributed by atoms with E-state index >= 15 is 0 Å². The summed E-state index contributed by atoms with van der Waals surface area (Å²) in [5, 5.41) is 12.4. The van der Waals surface area contributed by atoms with Crippen molar-refractivity contribution in [2.75, 3.05) is 33.4 Å². The minimum absolute atomic E-state index is 0.0904. The number of nitrogens with one attached hydrogen (secondary N) is 1. The molecule has 128 valence electrons. The predicted molar refractivity (Wildman–Crippen MR) is 73.4 cm³/mol. The van der Waals surface area contributed by atoms with Crippen LogP contribution in [0.15, 0.2) is 0 Å². The van der Waals surface area contributed by atoms with Gasteiger partial charge in [0.1, 0.15) is 0 Å². The van der Waals surface area contributed by atoms with E-state index in [1.807, 2.05) is 0 Å². The van der Waals surface area contributed by atoms with Gasteiger partial charge in [-0.1, -0.05) is 0 Å². The maximum absolute atomic E-state index is 12.7. The van der Waals surface area contributed by atoms with Crippen LogP contribution in [0.4, 0.5) is 18.0 Å². The maximum atomic E-state index is 12.7. The Morgan fingerprint density at radius 3 is 2.32 bits per heavy atom. The number of urea groups is 1. The molecule has 0 spiro atoms. The van der Waals surface area contributed by atoms with E-state index in [0.717, 1.165) is 19.3 Å². The molecule has 22 heavy (non-hydrogen) atoms. The van der Waals surface area contributed by atoms with Crippen molar-refractivity contribution in [2.45, 2.75) is 43.9 Å². The summed E-state index contributed by atoms with van der Waals surface area (Å²) in [7, 11) is 1.63. The molecular weight excluding hydrogens is 301 g/mol. The second-order valence-corrected chi connectivity index (χ2v) is 6.42. The topological polar surface area (TPSA) is 61.8 Å². The standard InChI is InChI=1S/C14H23F3N2O3/c1-22-9-6-12(2-3-12)10-18-11(20)19-7-4-13(21,5-8-19)14(15,16)17/h21H,2-10H2,1H3,(H,18,20). The highest BCUT2D eigenvalue weighted by Gasteiger charge is 2.55. The van der Waals surface area contributed by atoms with Crippen LogP contribution in [0.5, 0.6) is 0 Å². The van der Waals surface area contributed by atoms with Gasteiger partial charge < -0.3 is 20.1 Å². The summed E-state index contributed by atoms with van der Waals surface area (Å²) in [6.07, 6.45) is -2.65. The highest BCUT2D eigenvalue weighted by atomic mass is 19.4. The number of carbonyl (C=O) groups excluding carboxylic acids is 1. The average molecular weight is 324 g/mol. The fourth-order valence-corrected chi connectivity index (χ4v) is 2.75. The van der Waals surface area contributed by atoms with Crippen LogP contribution in [0, 0.1) is 5.41 Å². The average Bonchev–Trinajstić information content (AvgIpc) is 3.23. The molecule has 2 rings (SSSR count). The molecule has 0 aromatic rings. The fourth-order valence-electron chi connectivity index (χ4n) is 2.75. The molecule has 1 aliphatic heterocycles. The fraction of sp³-hybridized carbons (Fsp3) is 0.929. The summed E-state index contributed by atoms with van der Waals surface area (Å²) in [5.41, 5.74) is -2.58. The zero-order valence-corrected chi connectivity index (χ0v) is 12.7. The smallest absolute Gasteiger partial charge is 0.385 e. The second kappa shape index (κ2) is 6.23. The van der Waals surface area contributed by atoms with E-state index in [2.05, 4.69) is 5.32 Å². The third-order valence-corrected chi connectivity index (χ3v) is 4.81. The Labute approximate surface area is 127 Å². The van der Waals surface area contributed by atoms with Crippen molar-refractivity contribution in [3.8, 4) is 0 Å². The molecule has 2 fully saturated rings. The van der Waals surface area contributed by atoms with Crippen LogP contribution in [0.3, 0.4) is 0 Å². The summed E-state index contributed by atoms with van der Waals surface area (Å²) in [6, 6.07) is -0.354. The van der Waals surface area contributed by atoms with Crippen molar-refractivity contribution in [2.24, 2.45) is 5.41 Å². The molecule has 5 nitrogen and oxygen atoms in total. The summed E-state index contributed by atoms with van der Waals surface area (Å²) < 4.78 is 43.1. The molecule has 0 unspecified atom stereocenters. The van der Waals surface area contributed by atoms with E-state index < -0.39 is 24.6 Å². The number of likely N-dealkylation sites (tertiary alicyclic amines) is 1. The molecule has 0 radical (unpaired) electrons. The predicted octanol–water partition coefficient (Wildman–Crippen LogP) is 1.90. The van der Waals surface area contributed by atoms with Crippen LogP contribution in [0.2, 0.25) is 0 Å². The van der Waals surface area contributed by atoms with Crippen LogP contribution in [-0.2, 0) is 4.74 Å². The molecular formula is C14H23F3N2O3. The van der Waals surface area contributed by atoms with E-state index in [-0.39, 0.29) is 24.5 Å². The number of rotatable bonds is 5. The molecule has 2 amide bonds. The third kappa shape index (κ3) is 3.84. The number of halogens is 3. The number of methoxy groups -OCH3 is 1. The SMILES string of the molecule is COCCC1(CNC(=O)N2CCC(O)(C(F)(F)F)CC2)CC1. The first-order chi connectivity index (χ1) is 10.2. The van der Waals surface area contributed by atoms with E-state index in [1.165, 1.54) is 4.90 Å². The Morgan fingerprint density at radius 1 is 1.27 bits per heavy atom. The summed E-state index contributed by atoms with van der Waals surface area (Å²) >= 11 is 0. The molecule has 0 aromatic carbocycles. The molecule has 0 atom stereocenters. The maximum Gasteiger partial charge on any atom is 0.417 e. The summed E-state index contributed by atoms with van der Waals surface area (Å²) in [5.74, 6) is 0. The monoisotopic (exact) mass is 324 g/mol. The lowest BCUT2D eigenvalue weighted by Crippen LogP contribution is -2.56. The lowest BCUT2D eigenvalue weighted by atomic mass is 9.91. The first-order valence-electron chi connectivity index (χ1n) is 7.52. The molecule has 0 bridgehead atoms. The third-order valence-electron chi connectivity index (χ3n) is 4.81. The molecule has 0 aromatic heterocycles. The van der Waals surface area contributed by atoms with Gasteiger partial charge in [-0.3, -0.25) is 0 Å². The van der Waals surface area contributed by atoms with E-state index in [0.29, 0.717) is 13.2 Å². The van der Waals surface area contributed by atoms with Crippen LogP contribution in [0.1, 0.15) is 32.1 Å². The number of hydrogen-bond acceptors (Lipinski definition) is 3. The normalized spacial score (nSPS) is 23.2. The molecule has 8 heteroatoms. The van der Waals surface area contributed by atoms with Crippen LogP contribution >= 0.6 is 0 Å². The number of amides is 2. The van der Waals surface area contributed by atoms with E-state index in [4.69, 9.17) is 4.74 Å². The van der Waals surface area contributed by atoms with Crippen molar-refractivity contribution < 1.29 is 27.8 Å². The lowest BCUT2D eigenvalue weighted by Gasteiger charge is -2.39. The molecule has 2 N–H and O–H groups in total. The molecule has 1 saturated carbocycles. The van der Waals surface area contributed by atoms with Gasteiger partial charge in [-0.05, 0) is 24.7 Å². The molecule has 1 heterocycles. The Balaban J connectivity index is 1.76. The number of nitrogens with zero attached hydrogens (tertiary/aromatic N) is 1. The molecule has 1 aliphatic carbocycles. The summed E-state index contributed by atoms with van der Waals surface area (Å²) in [4.78, 5) is 13.4. The minimum atomic E-state index is -4.65. The Kier molecular flexibility index (Phi) is 4.91. The second-order valence-electron chi connectivity index (χ2n) is 6.42. The summed E-state index contributed by atoms with van der Waals surface area (Å²) in [6.45, 7) is 0.979. The van der Waals surface area contributed by atoms with Gasteiger partial charge in [0.25, 0.3) is 0 Å². The highest BCUT2D eigenvalue weighted by molar-refractivity contribution is 5.74. The Bertz CT molecular complexity index is 403. The zero-order valence-electron chi connectivity index (χ0n) is 12.7. The number of aliphatic hydroxyl groups is 1. The van der Waals surface area contributed by atoms with Crippen molar-refractivity contribution in [1.29, 1.82) is 0 Å². The van der Waals surface area contributed by atoms with E-state index in [9.17, 15) is 23.1 Å². The molecule has 2 aliphatic rings. The number of piperidine rings is 1. The van der Waals surface area contributed by atoms with Gasteiger partial charge in [0.15, 0.2) is 5.60 Å².